The van der Waals surface area contributed by atoms with E-state index in [2.05, 4.69) is 0 Å². The highest BCUT2D eigenvalue weighted by molar-refractivity contribution is 6.31. The van der Waals surface area contributed by atoms with Crippen molar-refractivity contribution in [2.75, 3.05) is 6.61 Å². The second-order valence-corrected chi connectivity index (χ2v) is 3.98. The first-order chi connectivity index (χ1) is 8.19. The van der Waals surface area contributed by atoms with Crippen LogP contribution in [0.5, 0.6) is 5.75 Å². The minimum Gasteiger partial charge on any atom is -0.492 e. The second-order valence-electron chi connectivity index (χ2n) is 3.57. The molecule has 0 saturated heterocycles. The van der Waals surface area contributed by atoms with E-state index in [1.807, 2.05) is 13.0 Å². The van der Waals surface area contributed by atoms with Crippen molar-refractivity contribution in [1.82, 2.24) is 0 Å². The standard InChI is InChI=1S/C13H14ClNO2/c1-2-10(16)5-4-8-17-13-7-3-6-12(14)11(13)9-15/h3,6-7H,2,4-5,8H2,1H3. The SMILES string of the molecule is CCC(=O)CCCOc1cccc(Cl)c1C#N. The summed E-state index contributed by atoms with van der Waals surface area (Å²) in [4.78, 5) is 11.1. The normalized spacial score (nSPS) is 9.71. The summed E-state index contributed by atoms with van der Waals surface area (Å²) in [6, 6.07) is 7.08. The van der Waals surface area contributed by atoms with Crippen LogP contribution >= 0.6 is 11.6 Å². The number of ketones is 1. The van der Waals surface area contributed by atoms with Gasteiger partial charge >= 0.3 is 0 Å². The summed E-state index contributed by atoms with van der Waals surface area (Å²) in [5, 5.41) is 9.30. The summed E-state index contributed by atoms with van der Waals surface area (Å²) in [6.45, 7) is 2.26. The van der Waals surface area contributed by atoms with Crippen LogP contribution in [0.15, 0.2) is 18.2 Å². The van der Waals surface area contributed by atoms with Crippen LogP contribution in [0.2, 0.25) is 5.02 Å². The van der Waals surface area contributed by atoms with Crippen LogP contribution in [0, 0.1) is 11.3 Å². The molecule has 1 rings (SSSR count). The minimum absolute atomic E-state index is 0.222. The predicted octanol–water partition coefficient (Wildman–Crippen LogP) is 3.35. The molecule has 0 spiro atoms. The first-order valence-electron chi connectivity index (χ1n) is 5.52. The number of benzene rings is 1. The molecular weight excluding hydrogens is 238 g/mol. The quantitative estimate of drug-likeness (QED) is 0.729. The number of Topliss-reactive ketones (excluding diaryl/α,β-unsaturated/α-hetero) is 1. The van der Waals surface area contributed by atoms with Crippen LogP contribution in [-0.4, -0.2) is 12.4 Å². The fourth-order valence-electron chi connectivity index (χ4n) is 1.36. The Labute approximate surface area is 106 Å². The zero-order chi connectivity index (χ0) is 12.7. The van der Waals surface area contributed by atoms with Gasteiger partial charge < -0.3 is 4.74 Å². The first-order valence-corrected chi connectivity index (χ1v) is 5.90. The van der Waals surface area contributed by atoms with Crippen LogP contribution in [0.1, 0.15) is 31.7 Å². The number of carbonyl (C=O) groups is 1. The van der Waals surface area contributed by atoms with E-state index in [9.17, 15) is 4.79 Å². The van der Waals surface area contributed by atoms with E-state index in [1.54, 1.807) is 18.2 Å². The van der Waals surface area contributed by atoms with Gasteiger partial charge in [-0.3, -0.25) is 4.79 Å². The average molecular weight is 252 g/mol. The van der Waals surface area contributed by atoms with E-state index in [4.69, 9.17) is 21.6 Å². The maximum atomic E-state index is 11.1. The number of hydrogen-bond acceptors (Lipinski definition) is 3. The number of rotatable bonds is 6. The molecule has 0 bridgehead atoms. The lowest BCUT2D eigenvalue weighted by atomic mass is 10.2. The number of hydrogen-bond donors (Lipinski definition) is 0. The molecule has 90 valence electrons. The smallest absolute Gasteiger partial charge is 0.138 e. The van der Waals surface area contributed by atoms with Crippen LogP contribution in [-0.2, 0) is 4.79 Å². The minimum atomic E-state index is 0.222. The molecule has 0 atom stereocenters. The average Bonchev–Trinajstić information content (AvgIpc) is 2.34. The van der Waals surface area contributed by atoms with E-state index in [0.29, 0.717) is 42.2 Å². The molecule has 0 aromatic heterocycles. The molecule has 0 aliphatic heterocycles. The van der Waals surface area contributed by atoms with E-state index in [1.165, 1.54) is 0 Å². The van der Waals surface area contributed by atoms with E-state index in [0.717, 1.165) is 0 Å². The summed E-state index contributed by atoms with van der Waals surface area (Å²) in [6.07, 6.45) is 1.73. The maximum absolute atomic E-state index is 11.1. The molecule has 1 aromatic rings. The van der Waals surface area contributed by atoms with Crippen molar-refractivity contribution in [3.8, 4) is 11.8 Å². The molecule has 17 heavy (non-hydrogen) atoms. The molecule has 0 fully saturated rings. The highest BCUT2D eigenvalue weighted by atomic mass is 35.5. The van der Waals surface area contributed by atoms with Gasteiger partial charge in [-0.05, 0) is 18.6 Å². The van der Waals surface area contributed by atoms with Crippen molar-refractivity contribution in [2.24, 2.45) is 0 Å². The van der Waals surface area contributed by atoms with E-state index in [-0.39, 0.29) is 5.78 Å². The Balaban J connectivity index is 2.50. The van der Waals surface area contributed by atoms with Gasteiger partial charge in [0, 0.05) is 12.8 Å². The van der Waals surface area contributed by atoms with Crippen molar-refractivity contribution < 1.29 is 9.53 Å². The highest BCUT2D eigenvalue weighted by Gasteiger charge is 2.07. The Morgan fingerprint density at radius 1 is 1.53 bits per heavy atom. The molecular formula is C13H14ClNO2. The topological polar surface area (TPSA) is 50.1 Å². The van der Waals surface area contributed by atoms with Gasteiger partial charge in [0.15, 0.2) is 0 Å². The van der Waals surface area contributed by atoms with Crippen LogP contribution < -0.4 is 4.74 Å². The molecule has 0 radical (unpaired) electrons. The molecule has 0 N–H and O–H groups in total. The van der Waals surface area contributed by atoms with Crippen molar-refractivity contribution in [1.29, 1.82) is 5.26 Å². The fraction of sp³-hybridized carbons (Fsp3) is 0.385. The largest absolute Gasteiger partial charge is 0.492 e. The van der Waals surface area contributed by atoms with Crippen LogP contribution in [0.3, 0.4) is 0 Å². The molecule has 0 amide bonds. The Bertz CT molecular complexity index is 438. The monoisotopic (exact) mass is 251 g/mol. The molecule has 1 aromatic carbocycles. The predicted molar refractivity (Wildman–Crippen MR) is 66.2 cm³/mol. The van der Waals surface area contributed by atoms with E-state index < -0.39 is 0 Å². The molecule has 3 nitrogen and oxygen atoms in total. The third-order valence-electron chi connectivity index (χ3n) is 2.34. The number of carbonyl (C=O) groups excluding carboxylic acids is 1. The summed E-state index contributed by atoms with van der Waals surface area (Å²) in [5.74, 6) is 0.698. The zero-order valence-electron chi connectivity index (χ0n) is 9.70. The lowest BCUT2D eigenvalue weighted by Gasteiger charge is -2.07. The lowest BCUT2D eigenvalue weighted by molar-refractivity contribution is -0.118. The number of halogens is 1. The summed E-state index contributed by atoms with van der Waals surface area (Å²) >= 11 is 5.86. The van der Waals surface area contributed by atoms with Gasteiger partial charge in [0.1, 0.15) is 23.2 Å². The number of nitrogens with zero attached hydrogens (tertiary/aromatic N) is 1. The Kier molecular flexibility index (Phi) is 5.51. The van der Waals surface area contributed by atoms with Crippen molar-refractivity contribution in [3.05, 3.63) is 28.8 Å². The molecule has 0 aliphatic rings. The summed E-state index contributed by atoms with van der Waals surface area (Å²) in [5.41, 5.74) is 0.344. The Morgan fingerprint density at radius 3 is 2.94 bits per heavy atom. The van der Waals surface area contributed by atoms with Crippen LogP contribution in [0.25, 0.3) is 0 Å². The molecule has 0 aliphatic carbocycles. The lowest BCUT2D eigenvalue weighted by Crippen LogP contribution is -2.03. The van der Waals surface area contributed by atoms with Gasteiger partial charge in [-0.25, -0.2) is 0 Å². The maximum Gasteiger partial charge on any atom is 0.138 e. The van der Waals surface area contributed by atoms with Gasteiger partial charge in [0.25, 0.3) is 0 Å². The molecule has 0 unspecified atom stereocenters. The van der Waals surface area contributed by atoms with Gasteiger partial charge in [-0.2, -0.15) is 5.26 Å². The van der Waals surface area contributed by atoms with Gasteiger partial charge in [-0.1, -0.05) is 24.6 Å². The summed E-state index contributed by atoms with van der Waals surface area (Å²) < 4.78 is 5.44. The fourth-order valence-corrected chi connectivity index (χ4v) is 1.57. The van der Waals surface area contributed by atoms with E-state index >= 15 is 0 Å². The van der Waals surface area contributed by atoms with Gasteiger partial charge in [0.2, 0.25) is 0 Å². The Morgan fingerprint density at radius 2 is 2.29 bits per heavy atom. The molecule has 4 heteroatoms. The third-order valence-corrected chi connectivity index (χ3v) is 2.65. The zero-order valence-corrected chi connectivity index (χ0v) is 10.5. The van der Waals surface area contributed by atoms with Crippen molar-refractivity contribution >= 4 is 17.4 Å². The van der Waals surface area contributed by atoms with Crippen LogP contribution in [0.4, 0.5) is 0 Å². The van der Waals surface area contributed by atoms with Gasteiger partial charge in [0.05, 0.1) is 11.6 Å². The van der Waals surface area contributed by atoms with Gasteiger partial charge in [-0.15, -0.1) is 0 Å². The first kappa shape index (κ1) is 13.5. The van der Waals surface area contributed by atoms with Crippen molar-refractivity contribution in [3.63, 3.8) is 0 Å². The number of ether oxygens (including phenoxy) is 1. The third kappa shape index (κ3) is 4.08. The molecule has 0 saturated carbocycles. The van der Waals surface area contributed by atoms with Crippen molar-refractivity contribution in [2.45, 2.75) is 26.2 Å². The Hall–Kier alpha value is -1.53. The summed E-state index contributed by atoms with van der Waals surface area (Å²) in [7, 11) is 0. The number of nitriles is 1. The second kappa shape index (κ2) is 6.93. The highest BCUT2D eigenvalue weighted by Crippen LogP contribution is 2.25. The molecule has 0 heterocycles.